The highest BCUT2D eigenvalue weighted by atomic mass is 32.2. The number of amides is 1. The van der Waals surface area contributed by atoms with Crippen LogP contribution in [0.4, 0.5) is 5.69 Å². The standard InChI is InChI=1S/C22H29NO2S/c1-7-8-21(24)23-17-11-15(4)22(16(5)12-17)26-18-9-10-20(25-6)19(13-18)14(2)3/h9-14H,7-8H2,1-6H3,(H,23,24). The van der Waals surface area contributed by atoms with Crippen molar-refractivity contribution in [2.45, 2.75) is 63.2 Å². The van der Waals surface area contributed by atoms with E-state index in [0.717, 1.165) is 17.9 Å². The van der Waals surface area contributed by atoms with Crippen LogP contribution in [0.3, 0.4) is 0 Å². The average Bonchev–Trinajstić information content (AvgIpc) is 2.58. The van der Waals surface area contributed by atoms with Gasteiger partial charge in [0.25, 0.3) is 0 Å². The number of methoxy groups -OCH3 is 1. The van der Waals surface area contributed by atoms with Crippen molar-refractivity contribution in [2.75, 3.05) is 12.4 Å². The number of rotatable bonds is 7. The quantitative estimate of drug-likeness (QED) is 0.618. The normalized spacial score (nSPS) is 10.9. The molecule has 0 atom stereocenters. The summed E-state index contributed by atoms with van der Waals surface area (Å²) in [5.74, 6) is 1.42. The Morgan fingerprint density at radius 2 is 1.81 bits per heavy atom. The molecule has 0 unspecified atom stereocenters. The van der Waals surface area contributed by atoms with E-state index < -0.39 is 0 Å². The van der Waals surface area contributed by atoms with Gasteiger partial charge in [-0.2, -0.15) is 0 Å². The lowest BCUT2D eigenvalue weighted by Crippen LogP contribution is -2.11. The molecule has 1 N–H and O–H groups in total. The number of carbonyl (C=O) groups excluding carboxylic acids is 1. The van der Waals surface area contributed by atoms with Crippen molar-refractivity contribution in [2.24, 2.45) is 0 Å². The minimum atomic E-state index is 0.0726. The van der Waals surface area contributed by atoms with Crippen LogP contribution in [0.1, 0.15) is 56.2 Å². The van der Waals surface area contributed by atoms with Gasteiger partial charge in [-0.25, -0.2) is 0 Å². The largest absolute Gasteiger partial charge is 0.496 e. The fourth-order valence-electron chi connectivity index (χ4n) is 2.98. The van der Waals surface area contributed by atoms with Gasteiger partial charge in [0.05, 0.1) is 7.11 Å². The minimum absolute atomic E-state index is 0.0726. The molecule has 0 fully saturated rings. The Kier molecular flexibility index (Phi) is 7.15. The molecule has 0 aliphatic rings. The molecule has 0 radical (unpaired) electrons. The highest BCUT2D eigenvalue weighted by Gasteiger charge is 2.12. The maximum Gasteiger partial charge on any atom is 0.224 e. The zero-order valence-corrected chi connectivity index (χ0v) is 17.4. The summed E-state index contributed by atoms with van der Waals surface area (Å²) < 4.78 is 5.48. The topological polar surface area (TPSA) is 38.3 Å². The SMILES string of the molecule is CCCC(=O)Nc1cc(C)c(Sc2ccc(OC)c(C(C)C)c2)c(C)c1. The molecule has 26 heavy (non-hydrogen) atoms. The maximum atomic E-state index is 11.8. The second-order valence-electron chi connectivity index (χ2n) is 6.90. The third kappa shape index (κ3) is 5.04. The lowest BCUT2D eigenvalue weighted by atomic mass is 10.0. The van der Waals surface area contributed by atoms with Crippen molar-refractivity contribution in [3.05, 3.63) is 47.0 Å². The van der Waals surface area contributed by atoms with Crippen molar-refractivity contribution in [1.29, 1.82) is 0 Å². The van der Waals surface area contributed by atoms with E-state index in [-0.39, 0.29) is 5.91 Å². The third-order valence-electron chi connectivity index (χ3n) is 4.26. The van der Waals surface area contributed by atoms with Gasteiger partial charge in [0.2, 0.25) is 5.91 Å². The van der Waals surface area contributed by atoms with Gasteiger partial charge in [0.1, 0.15) is 5.75 Å². The van der Waals surface area contributed by atoms with Crippen LogP contribution in [0.2, 0.25) is 0 Å². The molecule has 2 aromatic carbocycles. The van der Waals surface area contributed by atoms with Crippen LogP contribution in [-0.4, -0.2) is 13.0 Å². The summed E-state index contributed by atoms with van der Waals surface area (Å²) in [6, 6.07) is 10.5. The zero-order valence-electron chi connectivity index (χ0n) is 16.6. The molecule has 0 heterocycles. The van der Waals surface area contributed by atoms with Crippen molar-refractivity contribution >= 4 is 23.4 Å². The van der Waals surface area contributed by atoms with Crippen LogP contribution in [0, 0.1) is 13.8 Å². The summed E-state index contributed by atoms with van der Waals surface area (Å²) in [5, 5.41) is 2.99. The molecule has 3 nitrogen and oxygen atoms in total. The molecular weight excluding hydrogens is 342 g/mol. The zero-order chi connectivity index (χ0) is 19.3. The summed E-state index contributed by atoms with van der Waals surface area (Å²) in [6.45, 7) is 10.6. The Labute approximate surface area is 161 Å². The Morgan fingerprint density at radius 3 is 2.35 bits per heavy atom. The van der Waals surface area contributed by atoms with Crippen LogP contribution >= 0.6 is 11.8 Å². The van der Waals surface area contributed by atoms with E-state index in [1.165, 1.54) is 26.5 Å². The molecule has 4 heteroatoms. The number of benzene rings is 2. The van der Waals surface area contributed by atoms with E-state index in [4.69, 9.17) is 4.74 Å². The fraction of sp³-hybridized carbons (Fsp3) is 0.409. The fourth-order valence-corrected chi connectivity index (χ4v) is 3.98. The predicted molar refractivity (Wildman–Crippen MR) is 111 cm³/mol. The molecule has 0 saturated heterocycles. The van der Waals surface area contributed by atoms with E-state index in [0.29, 0.717) is 12.3 Å². The van der Waals surface area contributed by atoms with Crippen LogP contribution in [0.5, 0.6) is 5.75 Å². The molecule has 1 amide bonds. The molecule has 0 saturated carbocycles. The van der Waals surface area contributed by atoms with E-state index in [2.05, 4.69) is 57.3 Å². The number of nitrogens with one attached hydrogen (secondary N) is 1. The predicted octanol–water partition coefficient (Wildman–Crippen LogP) is 6.33. The molecule has 0 aromatic heterocycles. The summed E-state index contributed by atoms with van der Waals surface area (Å²) in [5.41, 5.74) is 4.43. The molecule has 140 valence electrons. The van der Waals surface area contributed by atoms with Gasteiger partial charge in [-0.05, 0) is 73.2 Å². The van der Waals surface area contributed by atoms with Crippen LogP contribution < -0.4 is 10.1 Å². The van der Waals surface area contributed by atoms with Crippen LogP contribution in [0.25, 0.3) is 0 Å². The maximum absolute atomic E-state index is 11.8. The number of hydrogen-bond acceptors (Lipinski definition) is 3. The summed E-state index contributed by atoms with van der Waals surface area (Å²) in [4.78, 5) is 14.3. The summed E-state index contributed by atoms with van der Waals surface area (Å²) in [6.07, 6.45) is 1.41. The molecular formula is C22H29NO2S. The molecule has 0 aliphatic heterocycles. The first-order chi connectivity index (χ1) is 12.3. The van der Waals surface area contributed by atoms with Gasteiger partial charge >= 0.3 is 0 Å². The summed E-state index contributed by atoms with van der Waals surface area (Å²) in [7, 11) is 1.72. The summed E-state index contributed by atoms with van der Waals surface area (Å²) >= 11 is 1.76. The van der Waals surface area contributed by atoms with E-state index in [1.54, 1.807) is 18.9 Å². The van der Waals surface area contributed by atoms with E-state index in [9.17, 15) is 4.79 Å². The smallest absolute Gasteiger partial charge is 0.224 e. The number of ether oxygens (including phenoxy) is 1. The number of anilines is 1. The first-order valence-electron chi connectivity index (χ1n) is 9.12. The highest BCUT2D eigenvalue weighted by molar-refractivity contribution is 7.99. The van der Waals surface area contributed by atoms with E-state index >= 15 is 0 Å². The lowest BCUT2D eigenvalue weighted by molar-refractivity contribution is -0.116. The van der Waals surface area contributed by atoms with Gasteiger partial charge in [-0.1, -0.05) is 32.5 Å². The number of hydrogen-bond donors (Lipinski definition) is 1. The van der Waals surface area contributed by atoms with Gasteiger partial charge < -0.3 is 10.1 Å². The second kappa shape index (κ2) is 9.13. The van der Waals surface area contributed by atoms with Crippen molar-refractivity contribution < 1.29 is 9.53 Å². The lowest BCUT2D eigenvalue weighted by Gasteiger charge is -2.16. The molecule has 0 aliphatic carbocycles. The van der Waals surface area contributed by atoms with Gasteiger partial charge in [-0.15, -0.1) is 0 Å². The van der Waals surface area contributed by atoms with Gasteiger partial charge in [0, 0.05) is 21.9 Å². The first kappa shape index (κ1) is 20.4. The third-order valence-corrected chi connectivity index (χ3v) is 5.60. The van der Waals surface area contributed by atoms with E-state index in [1.807, 2.05) is 13.0 Å². The van der Waals surface area contributed by atoms with Gasteiger partial charge in [-0.3, -0.25) is 4.79 Å². The van der Waals surface area contributed by atoms with Crippen molar-refractivity contribution in [1.82, 2.24) is 0 Å². The first-order valence-corrected chi connectivity index (χ1v) is 9.94. The molecule has 2 aromatic rings. The Morgan fingerprint density at radius 1 is 1.15 bits per heavy atom. The average molecular weight is 372 g/mol. The minimum Gasteiger partial charge on any atom is -0.496 e. The highest BCUT2D eigenvalue weighted by Crippen LogP contribution is 2.38. The Balaban J connectivity index is 2.27. The molecule has 0 bridgehead atoms. The Hall–Kier alpha value is -1.94. The van der Waals surface area contributed by atoms with Gasteiger partial charge in [0.15, 0.2) is 0 Å². The van der Waals surface area contributed by atoms with Crippen LogP contribution in [-0.2, 0) is 4.79 Å². The number of carbonyl (C=O) groups is 1. The monoisotopic (exact) mass is 371 g/mol. The molecule has 0 spiro atoms. The second-order valence-corrected chi connectivity index (χ2v) is 7.98. The van der Waals surface area contributed by atoms with Crippen LogP contribution in [0.15, 0.2) is 40.1 Å². The van der Waals surface area contributed by atoms with Crippen molar-refractivity contribution in [3.63, 3.8) is 0 Å². The van der Waals surface area contributed by atoms with Crippen molar-refractivity contribution in [3.8, 4) is 5.75 Å². The molecule has 2 rings (SSSR count). The Bertz CT molecular complexity index is 761. The number of aryl methyl sites for hydroxylation is 2.